The largest absolute Gasteiger partial charge is 0.497 e. The van der Waals surface area contributed by atoms with E-state index in [-0.39, 0.29) is 6.61 Å². The van der Waals surface area contributed by atoms with Crippen molar-refractivity contribution in [2.24, 2.45) is 0 Å². The molecular weight excluding hydrogens is 248 g/mol. The Balaban J connectivity index is 1.90. The Bertz CT molecular complexity index is 490. The van der Waals surface area contributed by atoms with Gasteiger partial charge >= 0.3 is 0 Å². The summed E-state index contributed by atoms with van der Waals surface area (Å²) in [5, 5.41) is 9.96. The van der Waals surface area contributed by atoms with Crippen LogP contribution in [0.4, 0.5) is 0 Å². The Morgan fingerprint density at radius 2 is 1.78 bits per heavy atom. The van der Waals surface area contributed by atoms with Crippen LogP contribution in [0.15, 0.2) is 36.4 Å². The van der Waals surface area contributed by atoms with Gasteiger partial charge in [0.1, 0.15) is 24.2 Å². The fourth-order valence-corrected chi connectivity index (χ4v) is 2.41. The van der Waals surface area contributed by atoms with E-state index in [2.05, 4.69) is 0 Å². The van der Waals surface area contributed by atoms with Crippen LogP contribution in [-0.4, -0.2) is 18.8 Å². The molecule has 1 N–H and O–H groups in total. The fourth-order valence-electron chi connectivity index (χ4n) is 1.56. The lowest BCUT2D eigenvalue weighted by atomic mass is 10.3. The third-order valence-corrected chi connectivity index (χ3v) is 3.66. The van der Waals surface area contributed by atoms with Crippen molar-refractivity contribution in [3.8, 4) is 11.5 Å². The van der Waals surface area contributed by atoms with Crippen LogP contribution in [0.25, 0.3) is 0 Å². The van der Waals surface area contributed by atoms with Gasteiger partial charge in [-0.05, 0) is 43.3 Å². The van der Waals surface area contributed by atoms with Gasteiger partial charge in [-0.3, -0.25) is 0 Å². The third kappa shape index (κ3) is 3.24. The summed E-state index contributed by atoms with van der Waals surface area (Å²) in [6, 6.07) is 11.2. The van der Waals surface area contributed by atoms with Crippen molar-refractivity contribution in [3.63, 3.8) is 0 Å². The molecule has 1 atom stereocenters. The molecule has 0 aliphatic rings. The number of rotatable bonds is 5. The van der Waals surface area contributed by atoms with Gasteiger partial charge in [0.25, 0.3) is 0 Å². The molecule has 2 aromatic rings. The van der Waals surface area contributed by atoms with Crippen LogP contribution in [0.3, 0.4) is 0 Å². The highest BCUT2D eigenvalue weighted by atomic mass is 32.1. The Hall–Kier alpha value is -1.52. The quantitative estimate of drug-likeness (QED) is 0.901. The summed E-state index contributed by atoms with van der Waals surface area (Å²) < 4.78 is 10.6. The minimum Gasteiger partial charge on any atom is -0.497 e. The lowest BCUT2D eigenvalue weighted by Crippen LogP contribution is -2.08. The lowest BCUT2D eigenvalue weighted by molar-refractivity contribution is 0.111. The van der Waals surface area contributed by atoms with Crippen molar-refractivity contribution >= 4 is 11.3 Å². The van der Waals surface area contributed by atoms with E-state index in [0.29, 0.717) is 0 Å². The number of thiophene rings is 1. The van der Waals surface area contributed by atoms with Gasteiger partial charge < -0.3 is 14.6 Å². The van der Waals surface area contributed by atoms with Gasteiger partial charge in [0.15, 0.2) is 0 Å². The zero-order valence-electron chi connectivity index (χ0n) is 10.4. The molecule has 0 bridgehead atoms. The molecule has 18 heavy (non-hydrogen) atoms. The minimum absolute atomic E-state index is 0.256. The molecule has 1 heterocycles. The van der Waals surface area contributed by atoms with E-state index in [0.717, 1.165) is 16.4 Å². The van der Waals surface area contributed by atoms with Crippen molar-refractivity contribution in [1.82, 2.24) is 0 Å². The van der Waals surface area contributed by atoms with E-state index in [9.17, 15) is 5.11 Å². The first-order chi connectivity index (χ1) is 8.69. The van der Waals surface area contributed by atoms with Gasteiger partial charge in [-0.25, -0.2) is 0 Å². The number of hydrogen-bond donors (Lipinski definition) is 1. The SMILES string of the molecule is COc1ccc(OCC(O)c2ccc(C)s2)cc1. The first kappa shape index (κ1) is 12.9. The number of benzene rings is 1. The normalized spacial score (nSPS) is 12.2. The summed E-state index contributed by atoms with van der Waals surface area (Å²) in [7, 11) is 1.62. The van der Waals surface area contributed by atoms with E-state index in [1.54, 1.807) is 18.4 Å². The molecule has 1 aromatic heterocycles. The molecule has 2 rings (SSSR count). The number of aliphatic hydroxyl groups excluding tert-OH is 1. The number of methoxy groups -OCH3 is 1. The van der Waals surface area contributed by atoms with Gasteiger partial charge in [0, 0.05) is 9.75 Å². The highest BCUT2D eigenvalue weighted by molar-refractivity contribution is 7.12. The van der Waals surface area contributed by atoms with Gasteiger partial charge in [-0.2, -0.15) is 0 Å². The molecule has 3 nitrogen and oxygen atoms in total. The Morgan fingerprint density at radius 3 is 2.33 bits per heavy atom. The molecule has 0 fully saturated rings. The van der Waals surface area contributed by atoms with Crippen LogP contribution < -0.4 is 9.47 Å². The van der Waals surface area contributed by atoms with Crippen LogP contribution in [0, 0.1) is 6.92 Å². The van der Waals surface area contributed by atoms with Crippen LogP contribution in [0.1, 0.15) is 15.9 Å². The Morgan fingerprint density at radius 1 is 1.11 bits per heavy atom. The summed E-state index contributed by atoms with van der Waals surface area (Å²) in [5.41, 5.74) is 0. The maximum absolute atomic E-state index is 9.96. The summed E-state index contributed by atoms with van der Waals surface area (Å²) in [4.78, 5) is 2.12. The van der Waals surface area contributed by atoms with Crippen molar-refractivity contribution in [2.45, 2.75) is 13.0 Å². The van der Waals surface area contributed by atoms with Gasteiger partial charge in [-0.15, -0.1) is 11.3 Å². The molecule has 0 spiro atoms. The van der Waals surface area contributed by atoms with E-state index < -0.39 is 6.10 Å². The zero-order chi connectivity index (χ0) is 13.0. The molecule has 0 aliphatic heterocycles. The van der Waals surface area contributed by atoms with Crippen molar-refractivity contribution in [2.75, 3.05) is 13.7 Å². The second-order valence-corrected chi connectivity index (χ2v) is 5.27. The summed E-state index contributed by atoms with van der Waals surface area (Å²) >= 11 is 1.59. The maximum Gasteiger partial charge on any atom is 0.122 e. The average molecular weight is 264 g/mol. The summed E-state index contributed by atoms with van der Waals surface area (Å²) in [6.07, 6.45) is -0.578. The molecule has 0 aliphatic carbocycles. The van der Waals surface area contributed by atoms with Gasteiger partial charge in [-0.1, -0.05) is 0 Å². The molecule has 1 aromatic carbocycles. The molecule has 0 saturated heterocycles. The summed E-state index contributed by atoms with van der Waals surface area (Å²) in [6.45, 7) is 2.28. The van der Waals surface area contributed by atoms with Crippen molar-refractivity contribution < 1.29 is 14.6 Å². The molecule has 1 unspecified atom stereocenters. The number of ether oxygens (including phenoxy) is 2. The molecule has 96 valence electrons. The van der Waals surface area contributed by atoms with Crippen molar-refractivity contribution in [1.29, 1.82) is 0 Å². The standard InChI is InChI=1S/C14H16O3S/c1-10-3-8-14(18-10)13(15)9-17-12-6-4-11(16-2)5-7-12/h3-8,13,15H,9H2,1-2H3. The van der Waals surface area contributed by atoms with E-state index >= 15 is 0 Å². The van der Waals surface area contributed by atoms with E-state index in [1.165, 1.54) is 4.88 Å². The number of aliphatic hydroxyl groups is 1. The molecule has 0 saturated carbocycles. The van der Waals surface area contributed by atoms with Crippen LogP contribution in [-0.2, 0) is 0 Å². The second kappa shape index (κ2) is 5.89. The minimum atomic E-state index is -0.578. The van der Waals surface area contributed by atoms with E-state index in [1.807, 2.05) is 43.3 Å². The predicted molar refractivity (Wildman–Crippen MR) is 72.5 cm³/mol. The third-order valence-electron chi connectivity index (χ3n) is 2.56. The maximum atomic E-state index is 9.96. The van der Waals surface area contributed by atoms with Crippen molar-refractivity contribution in [3.05, 3.63) is 46.2 Å². The molecule has 4 heteroatoms. The van der Waals surface area contributed by atoms with Crippen LogP contribution >= 0.6 is 11.3 Å². The van der Waals surface area contributed by atoms with Crippen LogP contribution in [0.5, 0.6) is 11.5 Å². The Kier molecular flexibility index (Phi) is 4.23. The molecular formula is C14H16O3S. The smallest absolute Gasteiger partial charge is 0.122 e. The molecule has 0 amide bonds. The monoisotopic (exact) mass is 264 g/mol. The molecule has 0 radical (unpaired) electrons. The summed E-state index contributed by atoms with van der Waals surface area (Å²) in [5.74, 6) is 1.51. The van der Waals surface area contributed by atoms with Crippen LogP contribution in [0.2, 0.25) is 0 Å². The fraction of sp³-hybridized carbons (Fsp3) is 0.286. The Labute approximate surface area is 111 Å². The van der Waals surface area contributed by atoms with Gasteiger partial charge in [0.2, 0.25) is 0 Å². The predicted octanol–water partition coefficient (Wildman–Crippen LogP) is 3.18. The van der Waals surface area contributed by atoms with E-state index in [4.69, 9.17) is 9.47 Å². The first-order valence-electron chi connectivity index (χ1n) is 5.70. The van der Waals surface area contributed by atoms with Gasteiger partial charge in [0.05, 0.1) is 7.11 Å². The first-order valence-corrected chi connectivity index (χ1v) is 6.52. The topological polar surface area (TPSA) is 38.7 Å². The highest BCUT2D eigenvalue weighted by Gasteiger charge is 2.10. The second-order valence-electron chi connectivity index (χ2n) is 3.95. The highest BCUT2D eigenvalue weighted by Crippen LogP contribution is 2.24. The average Bonchev–Trinajstić information content (AvgIpc) is 2.83. The number of hydrogen-bond acceptors (Lipinski definition) is 4. The lowest BCUT2D eigenvalue weighted by Gasteiger charge is -2.11. The zero-order valence-corrected chi connectivity index (χ0v) is 11.2. The number of aryl methyl sites for hydroxylation is 1.